The largest absolute Gasteiger partial charge is 0.460 e. The minimum atomic E-state index is -4.85. The van der Waals surface area contributed by atoms with E-state index in [0.717, 1.165) is 5.56 Å². The van der Waals surface area contributed by atoms with Crippen LogP contribution in [0.1, 0.15) is 0 Å². The lowest BCUT2D eigenvalue weighted by Gasteiger charge is -2.38. The summed E-state index contributed by atoms with van der Waals surface area (Å²) in [5, 5.41) is 29.3. The van der Waals surface area contributed by atoms with Gasteiger partial charge in [0.05, 0.1) is 11.9 Å². The van der Waals surface area contributed by atoms with E-state index in [4.69, 9.17) is 14.0 Å². The molecule has 10 nitrogen and oxygen atoms in total. The molecule has 2 aromatic heterocycles. The molecule has 1 fully saturated rings. The predicted octanol–water partition coefficient (Wildman–Crippen LogP) is -0.825. The van der Waals surface area contributed by atoms with Gasteiger partial charge in [-0.2, -0.15) is 8.42 Å². The van der Waals surface area contributed by atoms with E-state index in [1.54, 1.807) is 30.6 Å². The predicted molar refractivity (Wildman–Crippen MR) is 86.3 cm³/mol. The third-order valence-corrected chi connectivity index (χ3v) is 4.74. The first kappa shape index (κ1) is 18.6. The standard InChI is InChI=1S/C15H16N2O8S/c18-11-12(19)14(25-15(13(11)20)26(21,22)23)24-9-3-4-10(17-7-9)8-2-1-5-16-6-8/h1-7,11-15,18-20H,(H,21,22,23)/t11-,12-,13+,14-,15?/m1/s1. The van der Waals surface area contributed by atoms with Crippen LogP contribution in [0.15, 0.2) is 42.9 Å². The van der Waals surface area contributed by atoms with Crippen molar-refractivity contribution in [1.82, 2.24) is 9.97 Å². The van der Waals surface area contributed by atoms with Crippen molar-refractivity contribution in [3.63, 3.8) is 0 Å². The van der Waals surface area contributed by atoms with E-state index in [1.165, 1.54) is 12.3 Å². The van der Waals surface area contributed by atoms with Crippen LogP contribution in [0.4, 0.5) is 0 Å². The first-order valence-electron chi connectivity index (χ1n) is 7.46. The van der Waals surface area contributed by atoms with Crippen LogP contribution >= 0.6 is 0 Å². The quantitative estimate of drug-likeness (QED) is 0.490. The molecule has 0 amide bonds. The van der Waals surface area contributed by atoms with Crippen LogP contribution in [0.2, 0.25) is 0 Å². The van der Waals surface area contributed by atoms with E-state index in [1.807, 2.05) is 0 Å². The summed E-state index contributed by atoms with van der Waals surface area (Å²) in [7, 11) is -4.85. The molecule has 0 saturated carbocycles. The molecule has 1 aliphatic rings. The molecule has 0 spiro atoms. The second-order valence-electron chi connectivity index (χ2n) is 5.60. The summed E-state index contributed by atoms with van der Waals surface area (Å²) < 4.78 is 41.8. The van der Waals surface area contributed by atoms with Gasteiger partial charge in [-0.3, -0.25) is 14.5 Å². The van der Waals surface area contributed by atoms with E-state index >= 15 is 0 Å². The molecule has 0 radical (unpaired) electrons. The number of hydrogen-bond acceptors (Lipinski definition) is 9. The average Bonchev–Trinajstić information content (AvgIpc) is 2.62. The van der Waals surface area contributed by atoms with Gasteiger partial charge in [-0.1, -0.05) is 0 Å². The lowest BCUT2D eigenvalue weighted by Crippen LogP contribution is -2.61. The first-order valence-corrected chi connectivity index (χ1v) is 8.97. The lowest BCUT2D eigenvalue weighted by atomic mass is 10.1. The van der Waals surface area contributed by atoms with Crippen LogP contribution in [-0.4, -0.2) is 68.3 Å². The van der Waals surface area contributed by atoms with Crippen LogP contribution in [0.3, 0.4) is 0 Å². The Hall–Kier alpha value is -2.15. The summed E-state index contributed by atoms with van der Waals surface area (Å²) in [5.74, 6) is 0.111. The molecule has 3 heterocycles. The summed E-state index contributed by atoms with van der Waals surface area (Å²) in [4.78, 5) is 8.14. The Morgan fingerprint density at radius 1 is 1.04 bits per heavy atom. The molecule has 0 aliphatic carbocycles. The van der Waals surface area contributed by atoms with Gasteiger partial charge >= 0.3 is 0 Å². The van der Waals surface area contributed by atoms with Gasteiger partial charge in [0.15, 0.2) is 0 Å². The molecule has 26 heavy (non-hydrogen) atoms. The molecule has 1 saturated heterocycles. The fourth-order valence-corrected chi connectivity index (χ4v) is 3.19. The number of pyridine rings is 2. The second-order valence-corrected chi connectivity index (χ2v) is 7.09. The molecule has 0 bridgehead atoms. The van der Waals surface area contributed by atoms with E-state index in [9.17, 15) is 23.7 Å². The highest BCUT2D eigenvalue weighted by molar-refractivity contribution is 7.86. The van der Waals surface area contributed by atoms with Gasteiger partial charge in [-0.05, 0) is 24.3 Å². The van der Waals surface area contributed by atoms with Crippen molar-refractivity contribution in [2.24, 2.45) is 0 Å². The average molecular weight is 384 g/mol. The van der Waals surface area contributed by atoms with Gasteiger partial charge in [0.1, 0.15) is 24.1 Å². The fraction of sp³-hybridized carbons (Fsp3) is 0.333. The number of aromatic nitrogens is 2. The summed E-state index contributed by atoms with van der Waals surface area (Å²) in [6, 6.07) is 6.65. The Morgan fingerprint density at radius 3 is 2.38 bits per heavy atom. The summed E-state index contributed by atoms with van der Waals surface area (Å²) in [5.41, 5.74) is -0.798. The van der Waals surface area contributed by atoms with Crippen LogP contribution in [0.25, 0.3) is 11.3 Å². The minimum absolute atomic E-state index is 0.111. The van der Waals surface area contributed by atoms with Crippen molar-refractivity contribution in [2.75, 3.05) is 0 Å². The maximum absolute atomic E-state index is 11.3. The van der Waals surface area contributed by atoms with E-state index in [2.05, 4.69) is 9.97 Å². The van der Waals surface area contributed by atoms with Gasteiger partial charge in [0, 0.05) is 18.0 Å². The van der Waals surface area contributed by atoms with Gasteiger partial charge in [0.25, 0.3) is 10.1 Å². The monoisotopic (exact) mass is 384 g/mol. The van der Waals surface area contributed by atoms with E-state index in [-0.39, 0.29) is 5.75 Å². The Balaban J connectivity index is 1.77. The van der Waals surface area contributed by atoms with Crippen LogP contribution in [0.5, 0.6) is 5.75 Å². The van der Waals surface area contributed by atoms with Crippen LogP contribution in [0, 0.1) is 0 Å². The van der Waals surface area contributed by atoms with Crippen LogP contribution < -0.4 is 4.74 Å². The van der Waals surface area contributed by atoms with Crippen molar-refractivity contribution in [1.29, 1.82) is 0 Å². The molecule has 1 unspecified atom stereocenters. The number of aliphatic hydroxyl groups excluding tert-OH is 3. The van der Waals surface area contributed by atoms with Gasteiger partial charge < -0.3 is 24.8 Å². The highest BCUT2D eigenvalue weighted by atomic mass is 32.2. The SMILES string of the molecule is O=S(=O)(O)C1O[C@@H](Oc2ccc(-c3cccnc3)nc2)[C@H](O)[C@@H](O)[C@@H]1O. The second kappa shape index (κ2) is 7.23. The molecule has 11 heteroatoms. The maximum Gasteiger partial charge on any atom is 0.295 e. The molecule has 3 rings (SSSR count). The molecule has 140 valence electrons. The van der Waals surface area contributed by atoms with Crippen molar-refractivity contribution >= 4 is 10.1 Å². The molecule has 5 atom stereocenters. The minimum Gasteiger partial charge on any atom is -0.460 e. The molecule has 4 N–H and O–H groups in total. The van der Waals surface area contributed by atoms with Crippen molar-refractivity contribution < 1.29 is 37.8 Å². The van der Waals surface area contributed by atoms with Gasteiger partial charge in [0.2, 0.25) is 11.7 Å². The number of hydrogen-bond donors (Lipinski definition) is 4. The zero-order valence-corrected chi connectivity index (χ0v) is 14.0. The number of aliphatic hydroxyl groups is 3. The topological polar surface area (TPSA) is 159 Å². The Bertz CT molecular complexity index is 846. The van der Waals surface area contributed by atoms with Crippen molar-refractivity contribution in [2.45, 2.75) is 30.0 Å². The molecule has 1 aliphatic heterocycles. The van der Waals surface area contributed by atoms with E-state index in [0.29, 0.717) is 5.69 Å². The van der Waals surface area contributed by atoms with Crippen molar-refractivity contribution in [3.05, 3.63) is 42.9 Å². The summed E-state index contributed by atoms with van der Waals surface area (Å²) in [6.07, 6.45) is -2.79. The number of ether oxygens (including phenoxy) is 2. The molecular formula is C15H16N2O8S. The molecule has 2 aromatic rings. The molecular weight excluding hydrogens is 368 g/mol. The third-order valence-electron chi connectivity index (χ3n) is 3.77. The first-order chi connectivity index (χ1) is 12.3. The maximum atomic E-state index is 11.3. The smallest absolute Gasteiger partial charge is 0.295 e. The van der Waals surface area contributed by atoms with Crippen molar-refractivity contribution in [3.8, 4) is 17.0 Å². The number of nitrogens with zero attached hydrogens (tertiary/aromatic N) is 2. The normalized spacial score (nSPS) is 29.3. The van der Waals surface area contributed by atoms with Crippen LogP contribution in [-0.2, 0) is 14.9 Å². The number of rotatable bonds is 4. The fourth-order valence-electron chi connectivity index (χ4n) is 2.43. The van der Waals surface area contributed by atoms with E-state index < -0.39 is 40.2 Å². The van der Waals surface area contributed by atoms with Gasteiger partial charge in [-0.15, -0.1) is 0 Å². The third kappa shape index (κ3) is 3.82. The lowest BCUT2D eigenvalue weighted by molar-refractivity contribution is -0.254. The highest BCUT2D eigenvalue weighted by Crippen LogP contribution is 2.27. The van der Waals surface area contributed by atoms with Gasteiger partial charge in [-0.25, -0.2) is 0 Å². The zero-order chi connectivity index (χ0) is 18.9. The Labute approximate surface area is 148 Å². The Morgan fingerprint density at radius 2 is 1.81 bits per heavy atom. The summed E-state index contributed by atoms with van der Waals surface area (Å²) in [6.45, 7) is 0. The highest BCUT2D eigenvalue weighted by Gasteiger charge is 2.50. The Kier molecular flexibility index (Phi) is 5.18. The molecule has 0 aromatic carbocycles. The zero-order valence-electron chi connectivity index (χ0n) is 13.2. The summed E-state index contributed by atoms with van der Waals surface area (Å²) >= 11 is 0.